The van der Waals surface area contributed by atoms with Crippen LogP contribution in [0.2, 0.25) is 0 Å². The zero-order valence-electron chi connectivity index (χ0n) is 10.3. The van der Waals surface area contributed by atoms with E-state index in [1.807, 2.05) is 0 Å². The van der Waals surface area contributed by atoms with Gasteiger partial charge in [0.1, 0.15) is 11.5 Å². The number of benzene rings is 1. The van der Waals surface area contributed by atoms with Gasteiger partial charge in [-0.1, -0.05) is 23.9 Å². The van der Waals surface area contributed by atoms with Crippen LogP contribution >= 0.6 is 11.8 Å². The summed E-state index contributed by atoms with van der Waals surface area (Å²) in [4.78, 5) is 20.7. The van der Waals surface area contributed by atoms with Gasteiger partial charge in [-0.15, -0.1) is 0 Å². The van der Waals surface area contributed by atoms with E-state index in [4.69, 9.17) is 5.73 Å². The molecule has 0 amide bonds. The zero-order chi connectivity index (χ0) is 14.4. The second-order valence-corrected chi connectivity index (χ2v) is 4.99. The van der Waals surface area contributed by atoms with Gasteiger partial charge in [0.15, 0.2) is 5.12 Å². The number of carbonyl (C=O) groups is 1. The summed E-state index contributed by atoms with van der Waals surface area (Å²) >= 11 is 1.17. The number of nitro groups is 1. The minimum Gasteiger partial charge on any atom is -0.393 e. The fourth-order valence-corrected chi connectivity index (χ4v) is 1.90. The van der Waals surface area contributed by atoms with Crippen molar-refractivity contribution in [2.24, 2.45) is 0 Å². The average Bonchev–Trinajstić information content (AvgIpc) is 2.30. The summed E-state index contributed by atoms with van der Waals surface area (Å²) in [5.74, 6) is -0.0246. The molecule has 0 saturated carbocycles. The Kier molecular flexibility index (Phi) is 5.50. The predicted molar refractivity (Wildman–Crippen MR) is 74.3 cm³/mol. The van der Waals surface area contributed by atoms with Crippen LogP contribution in [0.1, 0.15) is 18.9 Å². The number of halogens is 1. The molecular weight excluding hydrogens is 271 g/mol. The molecule has 1 rings (SSSR count). The van der Waals surface area contributed by atoms with Gasteiger partial charge in [0.2, 0.25) is 0 Å². The van der Waals surface area contributed by atoms with Crippen LogP contribution in [0.3, 0.4) is 0 Å². The molecule has 7 heteroatoms. The molecule has 0 aliphatic carbocycles. The number of nitro benzene ring substituents is 1. The van der Waals surface area contributed by atoms with Crippen molar-refractivity contribution in [1.82, 2.24) is 0 Å². The first-order valence-electron chi connectivity index (χ1n) is 5.45. The Balaban J connectivity index is 2.77. The minimum atomic E-state index is -0.655. The summed E-state index contributed by atoms with van der Waals surface area (Å²) in [5.41, 5.74) is 4.94. The van der Waals surface area contributed by atoms with Crippen molar-refractivity contribution < 1.29 is 14.1 Å². The van der Waals surface area contributed by atoms with Gasteiger partial charge in [0.05, 0.1) is 4.92 Å². The lowest BCUT2D eigenvalue weighted by atomic mass is 10.1. The predicted octanol–water partition coefficient (Wildman–Crippen LogP) is 3.00. The van der Waals surface area contributed by atoms with E-state index in [2.05, 4.69) is 0 Å². The second kappa shape index (κ2) is 6.89. The van der Waals surface area contributed by atoms with Crippen molar-refractivity contribution in [2.75, 3.05) is 11.5 Å². The fraction of sp³-hybridized carbons (Fsp3) is 0.250. The Hall–Kier alpha value is -1.89. The third-order valence-corrected chi connectivity index (χ3v) is 3.08. The molecule has 0 aliphatic heterocycles. The monoisotopic (exact) mass is 284 g/mol. The number of thioether (sulfide) groups is 1. The zero-order valence-corrected chi connectivity index (χ0v) is 11.1. The molecule has 0 bridgehead atoms. The van der Waals surface area contributed by atoms with Crippen LogP contribution in [0.25, 0.3) is 6.08 Å². The molecule has 0 aromatic heterocycles. The van der Waals surface area contributed by atoms with Crippen LogP contribution in [0.4, 0.5) is 15.8 Å². The SMILES string of the molecule is CC(=O)SCCC=Cc1cc([N+](=O)[O-])c(N)cc1F. The van der Waals surface area contributed by atoms with E-state index in [-0.39, 0.29) is 22.1 Å². The maximum absolute atomic E-state index is 13.5. The van der Waals surface area contributed by atoms with Gasteiger partial charge in [-0.05, 0) is 6.42 Å². The molecule has 19 heavy (non-hydrogen) atoms. The van der Waals surface area contributed by atoms with Gasteiger partial charge in [-0.2, -0.15) is 0 Å². The molecule has 0 fully saturated rings. The highest BCUT2D eigenvalue weighted by molar-refractivity contribution is 8.13. The largest absolute Gasteiger partial charge is 0.393 e. The molecule has 0 heterocycles. The lowest BCUT2D eigenvalue weighted by Gasteiger charge is -2.01. The van der Waals surface area contributed by atoms with Crippen LogP contribution in [0.5, 0.6) is 0 Å². The Morgan fingerprint density at radius 3 is 2.84 bits per heavy atom. The number of nitrogens with zero attached hydrogens (tertiary/aromatic N) is 1. The molecule has 5 nitrogen and oxygen atoms in total. The van der Waals surface area contributed by atoms with E-state index in [0.717, 1.165) is 12.1 Å². The molecule has 1 aromatic carbocycles. The van der Waals surface area contributed by atoms with Crippen LogP contribution in [-0.4, -0.2) is 15.8 Å². The van der Waals surface area contributed by atoms with E-state index in [1.165, 1.54) is 24.8 Å². The van der Waals surface area contributed by atoms with E-state index in [9.17, 15) is 19.3 Å². The third-order valence-electron chi connectivity index (χ3n) is 2.23. The van der Waals surface area contributed by atoms with Crippen molar-refractivity contribution in [3.05, 3.63) is 39.7 Å². The highest BCUT2D eigenvalue weighted by atomic mass is 32.2. The number of allylic oxidation sites excluding steroid dienone is 1. The molecule has 0 atom stereocenters. The van der Waals surface area contributed by atoms with Crippen molar-refractivity contribution in [2.45, 2.75) is 13.3 Å². The normalized spacial score (nSPS) is 10.8. The van der Waals surface area contributed by atoms with E-state index >= 15 is 0 Å². The number of rotatable bonds is 5. The lowest BCUT2D eigenvalue weighted by molar-refractivity contribution is -0.384. The smallest absolute Gasteiger partial charge is 0.292 e. The first-order valence-corrected chi connectivity index (χ1v) is 6.43. The van der Waals surface area contributed by atoms with E-state index in [1.54, 1.807) is 6.08 Å². The Labute approximate surface area is 113 Å². The summed E-state index contributed by atoms with van der Waals surface area (Å²) < 4.78 is 13.5. The molecule has 0 saturated heterocycles. The fourth-order valence-electron chi connectivity index (χ4n) is 1.36. The van der Waals surface area contributed by atoms with Crippen LogP contribution in [0, 0.1) is 15.9 Å². The van der Waals surface area contributed by atoms with Crippen LogP contribution < -0.4 is 5.73 Å². The summed E-state index contributed by atoms with van der Waals surface area (Å²) in [5, 5.41) is 10.7. The molecule has 102 valence electrons. The van der Waals surface area contributed by atoms with Gasteiger partial charge >= 0.3 is 0 Å². The van der Waals surface area contributed by atoms with Crippen molar-refractivity contribution in [1.29, 1.82) is 0 Å². The molecule has 0 unspecified atom stereocenters. The second-order valence-electron chi connectivity index (χ2n) is 3.72. The maximum atomic E-state index is 13.5. The van der Waals surface area contributed by atoms with Crippen molar-refractivity contribution >= 4 is 34.3 Å². The summed E-state index contributed by atoms with van der Waals surface area (Å²) in [6.07, 6.45) is 3.68. The standard InChI is InChI=1S/C12H13FN2O3S/c1-8(16)19-5-3-2-4-9-6-12(15(17)18)11(14)7-10(9)13/h2,4,6-7H,3,5,14H2,1H3. The van der Waals surface area contributed by atoms with E-state index < -0.39 is 10.7 Å². The third kappa shape index (κ3) is 4.70. The summed E-state index contributed by atoms with van der Waals surface area (Å²) in [6, 6.07) is 2.03. The Morgan fingerprint density at radius 2 is 2.26 bits per heavy atom. The van der Waals surface area contributed by atoms with Crippen molar-refractivity contribution in [3.8, 4) is 0 Å². The highest BCUT2D eigenvalue weighted by Gasteiger charge is 2.14. The van der Waals surface area contributed by atoms with Crippen LogP contribution in [0.15, 0.2) is 18.2 Å². The Morgan fingerprint density at radius 1 is 1.58 bits per heavy atom. The number of carbonyl (C=O) groups excluding carboxylic acids is 1. The number of hydrogen-bond acceptors (Lipinski definition) is 5. The first-order chi connectivity index (χ1) is 8.91. The molecule has 2 N–H and O–H groups in total. The summed E-state index contributed by atoms with van der Waals surface area (Å²) in [6.45, 7) is 1.47. The van der Waals surface area contributed by atoms with E-state index in [0.29, 0.717) is 12.2 Å². The van der Waals surface area contributed by atoms with Crippen molar-refractivity contribution in [3.63, 3.8) is 0 Å². The lowest BCUT2D eigenvalue weighted by Crippen LogP contribution is -1.98. The molecule has 0 radical (unpaired) electrons. The van der Waals surface area contributed by atoms with Gasteiger partial charge in [0, 0.05) is 30.4 Å². The number of nitrogens with two attached hydrogens (primary N) is 1. The van der Waals surface area contributed by atoms with Gasteiger partial charge in [-0.25, -0.2) is 4.39 Å². The highest BCUT2D eigenvalue weighted by Crippen LogP contribution is 2.25. The van der Waals surface area contributed by atoms with Gasteiger partial charge < -0.3 is 5.73 Å². The molecule has 1 aromatic rings. The quantitative estimate of drug-likeness (QED) is 0.389. The topological polar surface area (TPSA) is 86.2 Å². The Bertz CT molecular complexity index is 532. The van der Waals surface area contributed by atoms with Gasteiger partial charge in [-0.3, -0.25) is 14.9 Å². The average molecular weight is 284 g/mol. The molecule has 0 spiro atoms. The maximum Gasteiger partial charge on any atom is 0.292 e. The minimum absolute atomic E-state index is 0.0164. The molecule has 0 aliphatic rings. The number of anilines is 1. The molecular formula is C12H13FN2O3S. The van der Waals surface area contributed by atoms with Gasteiger partial charge in [0.25, 0.3) is 5.69 Å². The number of hydrogen-bond donors (Lipinski definition) is 1. The van der Waals surface area contributed by atoms with Crippen LogP contribution in [-0.2, 0) is 4.79 Å². The first kappa shape index (κ1) is 15.2. The summed E-state index contributed by atoms with van der Waals surface area (Å²) in [7, 11) is 0. The number of nitrogen functional groups attached to an aromatic ring is 1.